The number of hydrogen-bond donors (Lipinski definition) is 2. The zero-order valence-electron chi connectivity index (χ0n) is 15.6. The zero-order valence-corrected chi connectivity index (χ0v) is 15.6. The van der Waals surface area contributed by atoms with E-state index >= 15 is 0 Å². The fourth-order valence-corrected chi connectivity index (χ4v) is 5.07. The molecule has 2 saturated heterocycles. The van der Waals surface area contributed by atoms with Gasteiger partial charge in [-0.15, -0.1) is 0 Å². The summed E-state index contributed by atoms with van der Waals surface area (Å²) in [5, 5.41) is 9.95. The lowest BCUT2D eigenvalue weighted by atomic mass is 9.77. The molecular formula is C20H27N3O4. The number of carbonyl (C=O) groups is 2. The number of nitrogens with one attached hydrogen (secondary N) is 1. The molecule has 1 aromatic heterocycles. The number of piperidine rings is 1. The molecular weight excluding hydrogens is 346 g/mol. The lowest BCUT2D eigenvalue weighted by Gasteiger charge is -2.44. The summed E-state index contributed by atoms with van der Waals surface area (Å²) in [7, 11) is 0. The Hall–Kier alpha value is -2.31. The molecule has 4 rings (SSSR count). The number of pyridine rings is 1. The van der Waals surface area contributed by atoms with Crippen molar-refractivity contribution in [2.24, 2.45) is 5.41 Å². The summed E-state index contributed by atoms with van der Waals surface area (Å²) in [6.45, 7) is 1.73. The second kappa shape index (κ2) is 7.02. The molecule has 3 aliphatic rings. The van der Waals surface area contributed by atoms with Crippen molar-refractivity contribution in [3.05, 3.63) is 28.2 Å². The van der Waals surface area contributed by atoms with Crippen LogP contribution >= 0.6 is 0 Å². The lowest BCUT2D eigenvalue weighted by Crippen LogP contribution is -2.54. The number of H-pyrrole nitrogens is 1. The van der Waals surface area contributed by atoms with Gasteiger partial charge >= 0.3 is 0 Å². The van der Waals surface area contributed by atoms with Gasteiger partial charge in [0.1, 0.15) is 5.75 Å². The number of nitrogens with zero attached hydrogens (tertiary/aromatic N) is 2. The maximum Gasteiger partial charge on any atom is 0.259 e. The Morgan fingerprint density at radius 2 is 1.89 bits per heavy atom. The summed E-state index contributed by atoms with van der Waals surface area (Å²) in [5.74, 6) is -0.437. The molecule has 1 atom stereocenters. The molecule has 2 amide bonds. The number of rotatable bonds is 2. The van der Waals surface area contributed by atoms with Gasteiger partial charge in [-0.2, -0.15) is 0 Å². The maximum atomic E-state index is 13.4. The van der Waals surface area contributed by atoms with E-state index in [4.69, 9.17) is 0 Å². The topological polar surface area (TPSA) is 93.7 Å². The molecule has 1 spiro atoms. The van der Waals surface area contributed by atoms with Crippen molar-refractivity contribution < 1.29 is 14.7 Å². The molecule has 3 fully saturated rings. The SMILES string of the molecule is O=C(c1c[nH]c(=O)cc1O)N1CCC2(CCCN(C3CCCCC3)C2=O)C1. The highest BCUT2D eigenvalue weighted by Gasteiger charge is 2.50. The number of hydrogen-bond acceptors (Lipinski definition) is 4. The number of carbonyl (C=O) groups excluding carboxylic acids is 2. The first-order chi connectivity index (χ1) is 13.0. The molecule has 7 heteroatoms. The molecule has 2 N–H and O–H groups in total. The van der Waals surface area contributed by atoms with Crippen LogP contribution in [-0.4, -0.2) is 57.4 Å². The first-order valence-corrected chi connectivity index (χ1v) is 10.0. The molecule has 1 aromatic rings. The third-order valence-electron chi connectivity index (χ3n) is 6.56. The van der Waals surface area contributed by atoms with Crippen LogP contribution in [0.1, 0.15) is 61.7 Å². The number of aromatic nitrogens is 1. The molecule has 0 bridgehead atoms. The van der Waals surface area contributed by atoms with Crippen molar-refractivity contribution in [2.45, 2.75) is 57.4 Å². The third-order valence-corrected chi connectivity index (χ3v) is 6.56. The number of aromatic hydroxyl groups is 1. The van der Waals surface area contributed by atoms with Gasteiger partial charge in [-0.3, -0.25) is 14.4 Å². The summed E-state index contributed by atoms with van der Waals surface area (Å²) in [6, 6.07) is 1.37. The number of aromatic amines is 1. The molecule has 27 heavy (non-hydrogen) atoms. The van der Waals surface area contributed by atoms with Crippen molar-refractivity contribution in [2.75, 3.05) is 19.6 Å². The third kappa shape index (κ3) is 3.24. The monoisotopic (exact) mass is 373 g/mol. The van der Waals surface area contributed by atoms with Gasteiger partial charge in [0.2, 0.25) is 5.91 Å². The normalized spacial score (nSPS) is 26.7. The van der Waals surface area contributed by atoms with Crippen molar-refractivity contribution in [1.82, 2.24) is 14.8 Å². The van der Waals surface area contributed by atoms with Gasteiger partial charge in [0, 0.05) is 37.9 Å². The van der Waals surface area contributed by atoms with Gasteiger partial charge in [-0.05, 0) is 32.1 Å². The van der Waals surface area contributed by atoms with Crippen LogP contribution < -0.4 is 5.56 Å². The summed E-state index contributed by atoms with van der Waals surface area (Å²) in [4.78, 5) is 43.6. The summed E-state index contributed by atoms with van der Waals surface area (Å²) >= 11 is 0. The Kier molecular flexibility index (Phi) is 4.70. The summed E-state index contributed by atoms with van der Waals surface area (Å²) in [5.41, 5.74) is -0.852. The van der Waals surface area contributed by atoms with Gasteiger partial charge in [-0.25, -0.2) is 0 Å². The second-order valence-corrected chi connectivity index (χ2v) is 8.25. The van der Waals surface area contributed by atoms with Gasteiger partial charge < -0.3 is 19.9 Å². The van der Waals surface area contributed by atoms with E-state index in [2.05, 4.69) is 9.88 Å². The smallest absolute Gasteiger partial charge is 0.259 e. The Labute approximate surface area is 158 Å². The molecule has 1 aliphatic carbocycles. The molecule has 3 heterocycles. The fourth-order valence-electron chi connectivity index (χ4n) is 5.07. The Morgan fingerprint density at radius 3 is 2.63 bits per heavy atom. The van der Waals surface area contributed by atoms with Crippen molar-refractivity contribution >= 4 is 11.8 Å². The van der Waals surface area contributed by atoms with Crippen molar-refractivity contribution in [3.63, 3.8) is 0 Å². The van der Waals surface area contributed by atoms with Crippen LogP contribution in [0.15, 0.2) is 17.1 Å². The minimum atomic E-state index is -0.483. The number of likely N-dealkylation sites (tertiary alicyclic amines) is 2. The van der Waals surface area contributed by atoms with Gasteiger partial charge in [0.05, 0.1) is 11.0 Å². The van der Waals surface area contributed by atoms with Gasteiger partial charge in [0.15, 0.2) is 0 Å². The molecule has 0 aromatic carbocycles. The quantitative estimate of drug-likeness (QED) is 0.827. The van der Waals surface area contributed by atoms with Crippen LogP contribution in [0.2, 0.25) is 0 Å². The van der Waals surface area contributed by atoms with E-state index in [1.807, 2.05) is 0 Å². The lowest BCUT2D eigenvalue weighted by molar-refractivity contribution is -0.149. The second-order valence-electron chi connectivity index (χ2n) is 8.25. The molecule has 7 nitrogen and oxygen atoms in total. The minimum Gasteiger partial charge on any atom is -0.507 e. The van der Waals surface area contributed by atoms with Crippen LogP contribution in [0, 0.1) is 5.41 Å². The highest BCUT2D eigenvalue weighted by Crippen LogP contribution is 2.42. The van der Waals surface area contributed by atoms with E-state index in [0.29, 0.717) is 25.6 Å². The molecule has 1 saturated carbocycles. The first-order valence-electron chi connectivity index (χ1n) is 10.0. The summed E-state index contributed by atoms with van der Waals surface area (Å²) < 4.78 is 0. The standard InChI is InChI=1S/C20H27N3O4/c24-16-11-17(25)21-12-15(16)18(26)22-10-8-20(13-22)7-4-9-23(19(20)27)14-5-2-1-3-6-14/h11-12,14H,1-10,13H2,(H2,21,24,25). The van der Waals surface area contributed by atoms with Crippen molar-refractivity contribution in [1.29, 1.82) is 0 Å². The predicted molar refractivity (Wildman–Crippen MR) is 99.5 cm³/mol. The van der Waals surface area contributed by atoms with Crippen LogP contribution in [0.25, 0.3) is 0 Å². The van der Waals surface area contributed by atoms with Crippen LogP contribution in [0.4, 0.5) is 0 Å². The highest BCUT2D eigenvalue weighted by atomic mass is 16.3. The minimum absolute atomic E-state index is 0.0824. The Morgan fingerprint density at radius 1 is 1.11 bits per heavy atom. The van der Waals surface area contributed by atoms with E-state index in [0.717, 1.165) is 38.3 Å². The van der Waals surface area contributed by atoms with E-state index < -0.39 is 11.0 Å². The van der Waals surface area contributed by atoms with Crippen molar-refractivity contribution in [3.8, 4) is 5.75 Å². The van der Waals surface area contributed by atoms with E-state index in [-0.39, 0.29) is 23.1 Å². The molecule has 0 radical (unpaired) electrons. The molecule has 2 aliphatic heterocycles. The van der Waals surface area contributed by atoms with Gasteiger partial charge in [-0.1, -0.05) is 19.3 Å². The van der Waals surface area contributed by atoms with Crippen LogP contribution in [0.3, 0.4) is 0 Å². The van der Waals surface area contributed by atoms with Gasteiger partial charge in [0.25, 0.3) is 11.5 Å². The number of amides is 2. The highest BCUT2D eigenvalue weighted by molar-refractivity contribution is 5.97. The predicted octanol–water partition coefficient (Wildman–Crippen LogP) is 1.87. The zero-order chi connectivity index (χ0) is 19.0. The van der Waals surface area contributed by atoms with E-state index in [1.54, 1.807) is 4.90 Å². The summed E-state index contributed by atoms with van der Waals surface area (Å²) in [6.07, 6.45) is 9.55. The molecule has 146 valence electrons. The van der Waals surface area contributed by atoms with Crippen LogP contribution in [0.5, 0.6) is 5.75 Å². The fraction of sp³-hybridized carbons (Fsp3) is 0.650. The average molecular weight is 373 g/mol. The van der Waals surface area contributed by atoms with E-state index in [9.17, 15) is 19.5 Å². The average Bonchev–Trinajstić information content (AvgIpc) is 3.09. The van der Waals surface area contributed by atoms with Crippen LogP contribution in [-0.2, 0) is 4.79 Å². The first kappa shape index (κ1) is 18.1. The Bertz CT molecular complexity index is 799. The molecule has 1 unspecified atom stereocenters. The maximum absolute atomic E-state index is 13.4. The van der Waals surface area contributed by atoms with E-state index in [1.165, 1.54) is 25.5 Å². The Balaban J connectivity index is 1.51. The largest absolute Gasteiger partial charge is 0.507 e.